The van der Waals surface area contributed by atoms with Gasteiger partial charge in [0, 0.05) is 12.2 Å². The Morgan fingerprint density at radius 3 is 2.88 bits per heavy atom. The number of hydrogen-bond acceptors (Lipinski definition) is 3. The second-order valence-electron chi connectivity index (χ2n) is 4.37. The van der Waals surface area contributed by atoms with Crippen LogP contribution in [0.5, 0.6) is 0 Å². The summed E-state index contributed by atoms with van der Waals surface area (Å²) >= 11 is 0. The maximum absolute atomic E-state index is 12.1. The summed E-state index contributed by atoms with van der Waals surface area (Å²) in [5.41, 5.74) is 6.93. The van der Waals surface area contributed by atoms with E-state index in [9.17, 15) is 4.79 Å². The molecule has 0 radical (unpaired) electrons. The Bertz CT molecular complexity index is 572. The fourth-order valence-corrected chi connectivity index (χ4v) is 1.70. The molecule has 0 spiro atoms. The molecule has 0 saturated carbocycles. The van der Waals surface area contributed by atoms with E-state index in [4.69, 9.17) is 5.73 Å². The maximum Gasteiger partial charge on any atom is 0.261 e. The van der Waals surface area contributed by atoms with Gasteiger partial charge in [0.05, 0.1) is 17.2 Å². The fourth-order valence-electron chi connectivity index (χ4n) is 1.70. The minimum Gasteiger partial charge on any atom is -0.399 e. The predicted molar refractivity (Wildman–Crippen MR) is 65.3 cm³/mol. The highest BCUT2D eigenvalue weighted by molar-refractivity contribution is 5.80. The first-order valence-corrected chi connectivity index (χ1v) is 5.32. The fraction of sp³-hybridized carbons (Fsp3) is 0.333. The zero-order chi connectivity index (χ0) is 11.7. The van der Waals surface area contributed by atoms with Crippen LogP contribution in [0.3, 0.4) is 0 Å². The Kier molecular flexibility index (Phi) is 2.64. The summed E-state index contributed by atoms with van der Waals surface area (Å²) in [5.74, 6) is 0.415. The van der Waals surface area contributed by atoms with E-state index in [0.29, 0.717) is 29.1 Å². The Hall–Kier alpha value is -1.84. The third kappa shape index (κ3) is 1.91. The number of nitrogen functional groups attached to an aromatic ring is 1. The number of anilines is 1. The van der Waals surface area contributed by atoms with Crippen LogP contribution in [0.1, 0.15) is 13.8 Å². The molecule has 0 aliphatic rings. The van der Waals surface area contributed by atoms with E-state index in [1.807, 2.05) is 0 Å². The summed E-state index contributed by atoms with van der Waals surface area (Å²) in [6.07, 6.45) is 1.60. The number of aromatic nitrogens is 2. The van der Waals surface area contributed by atoms with Crippen molar-refractivity contribution in [1.29, 1.82) is 0 Å². The lowest BCUT2D eigenvalue weighted by Gasteiger charge is -2.08. The summed E-state index contributed by atoms with van der Waals surface area (Å²) in [6.45, 7) is 4.81. The quantitative estimate of drug-likeness (QED) is 0.778. The number of nitrogens with zero attached hydrogens (tertiary/aromatic N) is 2. The molecule has 1 aromatic carbocycles. The van der Waals surface area contributed by atoms with Gasteiger partial charge in [-0.1, -0.05) is 13.8 Å². The molecule has 4 heteroatoms. The number of hydrogen-bond donors (Lipinski definition) is 1. The van der Waals surface area contributed by atoms with Crippen molar-refractivity contribution in [1.82, 2.24) is 9.55 Å². The zero-order valence-corrected chi connectivity index (χ0v) is 9.47. The van der Waals surface area contributed by atoms with E-state index in [-0.39, 0.29) is 5.56 Å². The highest BCUT2D eigenvalue weighted by Gasteiger charge is 2.05. The Balaban J connectivity index is 2.64. The normalized spacial score (nSPS) is 11.2. The van der Waals surface area contributed by atoms with Crippen LogP contribution in [0.15, 0.2) is 29.3 Å². The van der Waals surface area contributed by atoms with Crippen molar-refractivity contribution in [3.63, 3.8) is 0 Å². The minimum atomic E-state index is -0.0222. The lowest BCUT2D eigenvalue weighted by Crippen LogP contribution is -2.22. The third-order valence-electron chi connectivity index (χ3n) is 2.41. The van der Waals surface area contributed by atoms with Crippen molar-refractivity contribution in [2.45, 2.75) is 20.4 Å². The van der Waals surface area contributed by atoms with Crippen molar-refractivity contribution in [2.24, 2.45) is 5.92 Å². The van der Waals surface area contributed by atoms with Gasteiger partial charge in [-0.25, -0.2) is 4.98 Å². The molecule has 2 aromatic rings. The first-order valence-electron chi connectivity index (χ1n) is 5.32. The number of nitrogens with two attached hydrogens (primary N) is 1. The minimum absolute atomic E-state index is 0.0222. The number of fused-ring (bicyclic) bond motifs is 1. The Morgan fingerprint density at radius 2 is 2.19 bits per heavy atom. The molecule has 1 heterocycles. The van der Waals surface area contributed by atoms with Gasteiger partial charge in [-0.15, -0.1) is 0 Å². The summed E-state index contributed by atoms with van der Waals surface area (Å²) in [4.78, 5) is 16.3. The van der Waals surface area contributed by atoms with Crippen molar-refractivity contribution in [3.8, 4) is 0 Å². The third-order valence-corrected chi connectivity index (χ3v) is 2.41. The first kappa shape index (κ1) is 10.7. The van der Waals surface area contributed by atoms with E-state index in [1.54, 1.807) is 29.1 Å². The molecule has 0 amide bonds. The number of benzene rings is 1. The van der Waals surface area contributed by atoms with Gasteiger partial charge in [-0.05, 0) is 24.1 Å². The molecule has 2 rings (SSSR count). The van der Waals surface area contributed by atoms with Gasteiger partial charge in [-0.2, -0.15) is 0 Å². The molecule has 0 fully saturated rings. The maximum atomic E-state index is 12.1. The van der Waals surface area contributed by atoms with Crippen LogP contribution < -0.4 is 11.3 Å². The lowest BCUT2D eigenvalue weighted by molar-refractivity contribution is 0.508. The molecule has 16 heavy (non-hydrogen) atoms. The largest absolute Gasteiger partial charge is 0.399 e. The SMILES string of the molecule is CC(C)Cn1cnc2ccc(N)cc2c1=O. The van der Waals surface area contributed by atoms with Gasteiger partial charge in [0.15, 0.2) is 0 Å². The number of rotatable bonds is 2. The highest BCUT2D eigenvalue weighted by atomic mass is 16.1. The van der Waals surface area contributed by atoms with Crippen molar-refractivity contribution < 1.29 is 0 Å². The van der Waals surface area contributed by atoms with Crippen LogP contribution in [-0.2, 0) is 6.54 Å². The molecular weight excluding hydrogens is 202 g/mol. The molecular formula is C12H15N3O. The van der Waals surface area contributed by atoms with Crippen molar-refractivity contribution in [3.05, 3.63) is 34.9 Å². The molecule has 0 saturated heterocycles. The second kappa shape index (κ2) is 3.96. The van der Waals surface area contributed by atoms with E-state index in [2.05, 4.69) is 18.8 Å². The molecule has 0 aliphatic heterocycles. The van der Waals surface area contributed by atoms with Gasteiger partial charge in [0.1, 0.15) is 0 Å². The smallest absolute Gasteiger partial charge is 0.261 e. The molecule has 0 unspecified atom stereocenters. The molecule has 0 atom stereocenters. The highest BCUT2D eigenvalue weighted by Crippen LogP contribution is 2.11. The van der Waals surface area contributed by atoms with Crippen molar-refractivity contribution in [2.75, 3.05) is 5.73 Å². The van der Waals surface area contributed by atoms with Crippen LogP contribution in [0.2, 0.25) is 0 Å². The van der Waals surface area contributed by atoms with Crippen LogP contribution in [0.25, 0.3) is 10.9 Å². The van der Waals surface area contributed by atoms with Gasteiger partial charge < -0.3 is 5.73 Å². The molecule has 1 aromatic heterocycles. The summed E-state index contributed by atoms with van der Waals surface area (Å²) in [6, 6.07) is 5.20. The average Bonchev–Trinajstić information content (AvgIpc) is 2.22. The summed E-state index contributed by atoms with van der Waals surface area (Å²) in [7, 11) is 0. The lowest BCUT2D eigenvalue weighted by atomic mass is 10.2. The zero-order valence-electron chi connectivity index (χ0n) is 9.47. The summed E-state index contributed by atoms with van der Waals surface area (Å²) in [5, 5.41) is 0.586. The van der Waals surface area contributed by atoms with Crippen LogP contribution in [-0.4, -0.2) is 9.55 Å². The average molecular weight is 217 g/mol. The van der Waals surface area contributed by atoms with E-state index in [1.165, 1.54) is 0 Å². The molecule has 84 valence electrons. The predicted octanol–water partition coefficient (Wildman–Crippen LogP) is 1.63. The van der Waals surface area contributed by atoms with E-state index >= 15 is 0 Å². The van der Waals surface area contributed by atoms with Crippen LogP contribution in [0.4, 0.5) is 5.69 Å². The van der Waals surface area contributed by atoms with E-state index in [0.717, 1.165) is 0 Å². The van der Waals surface area contributed by atoms with Gasteiger partial charge >= 0.3 is 0 Å². The van der Waals surface area contributed by atoms with Gasteiger partial charge in [-0.3, -0.25) is 9.36 Å². The topological polar surface area (TPSA) is 60.9 Å². The molecule has 0 bridgehead atoms. The van der Waals surface area contributed by atoms with E-state index < -0.39 is 0 Å². The summed E-state index contributed by atoms with van der Waals surface area (Å²) < 4.78 is 1.63. The van der Waals surface area contributed by atoms with Crippen LogP contribution >= 0.6 is 0 Å². The second-order valence-corrected chi connectivity index (χ2v) is 4.37. The monoisotopic (exact) mass is 217 g/mol. The molecule has 4 nitrogen and oxygen atoms in total. The van der Waals surface area contributed by atoms with Gasteiger partial charge in [0.2, 0.25) is 0 Å². The van der Waals surface area contributed by atoms with Crippen LogP contribution in [0, 0.1) is 5.92 Å². The molecule has 0 aliphatic carbocycles. The Labute approximate surface area is 93.7 Å². The van der Waals surface area contributed by atoms with Crippen molar-refractivity contribution >= 4 is 16.6 Å². The first-order chi connectivity index (χ1) is 7.58. The Morgan fingerprint density at radius 1 is 1.44 bits per heavy atom. The standard InChI is InChI=1S/C12H15N3O/c1-8(2)6-15-7-14-11-4-3-9(13)5-10(11)12(15)16/h3-5,7-8H,6,13H2,1-2H3. The molecule has 2 N–H and O–H groups in total. The van der Waals surface area contributed by atoms with Gasteiger partial charge in [0.25, 0.3) is 5.56 Å².